The van der Waals surface area contributed by atoms with Gasteiger partial charge in [0.2, 0.25) is 17.7 Å². The van der Waals surface area contributed by atoms with Gasteiger partial charge in [-0.1, -0.05) is 162 Å². The Morgan fingerprint density at radius 1 is 0.412 bits per heavy atom. The van der Waals surface area contributed by atoms with E-state index in [1.54, 1.807) is 65.5 Å². The van der Waals surface area contributed by atoms with Crippen molar-refractivity contribution in [1.82, 2.24) is 61.2 Å². The van der Waals surface area contributed by atoms with E-state index in [9.17, 15) is 43.2 Å². The van der Waals surface area contributed by atoms with Gasteiger partial charge in [-0.15, -0.1) is 0 Å². The normalized spacial score (nSPS) is 15.1. The smallest absolute Gasteiger partial charge is 0.322 e. The summed E-state index contributed by atoms with van der Waals surface area (Å²) < 4.78 is 39.2. The van der Waals surface area contributed by atoms with Gasteiger partial charge in [-0.25, -0.2) is 0 Å². The monoisotopic (exact) mass is 1650 g/mol. The fraction of sp³-hybridized carbons (Fsp3) is 0.596. The SMILES string of the molecule is CCC(C)Cn1nc(C(=O)N[C@@H](CCC2CCCCC2)CC(=O)NCC(=O)O)cc1-c1c(OC)cccc1OC.COc1cccc(OC)c1-c1cc(C(=O)N[C@@H](CCC2CCCCC2)CC(=O)NCC(=O)O)nn1C(C)C(C)C.COc1cccc(OC)c1-c1cc(C(=O)N[C@@H](CCC2CCCCC2)CC(=O)NCC(=O)O)nn1CC(C)C. The number of aromatic nitrogens is 6. The summed E-state index contributed by atoms with van der Waals surface area (Å²) in [6.07, 6.45) is 23.6. The summed E-state index contributed by atoms with van der Waals surface area (Å²) in [4.78, 5) is 111. The predicted molar refractivity (Wildman–Crippen MR) is 453 cm³/mol. The van der Waals surface area contributed by atoms with Crippen LogP contribution in [0.5, 0.6) is 34.5 Å². The summed E-state index contributed by atoms with van der Waals surface area (Å²) in [5, 5.41) is 57.1. The van der Waals surface area contributed by atoms with Crippen molar-refractivity contribution in [2.24, 2.45) is 35.5 Å². The van der Waals surface area contributed by atoms with E-state index < -0.39 is 73.4 Å². The van der Waals surface area contributed by atoms with Crippen LogP contribution in [0.15, 0.2) is 72.8 Å². The number of carbonyl (C=O) groups is 9. The Bertz CT molecular complexity index is 4200. The summed E-state index contributed by atoms with van der Waals surface area (Å²) in [6, 6.07) is 20.4. The van der Waals surface area contributed by atoms with Crippen LogP contribution in [-0.2, 0) is 41.9 Å². The van der Waals surface area contributed by atoms with Crippen LogP contribution < -0.4 is 60.3 Å². The average molecular weight is 1660 g/mol. The molecular weight excluding hydrogens is 1530 g/mol. The standard InChI is InChI=1S/2C30H44N4O6.C29H42N4O6/c1-19(2)20(3)34-24(29-25(39-4)12-9-13-26(29)40-5)17-23(33-34)30(38)32-22(16-27(35)31-18-28(36)37)15-14-21-10-7-6-8-11-21;1-5-20(2)19-34-24(29-25(39-3)12-9-13-26(29)40-4)17-23(33-34)30(38)32-22(16-27(35)31-18-28(36)37)15-14-21-10-7-6-8-11-21;1-19(2)18-33-23(28-24(38-3)11-8-12-25(28)39-4)16-22(32-33)29(37)31-21(15-26(34)30-17-27(35)36)14-13-20-9-6-5-7-10-20/h9,12-13,17,19-22H,6-8,10-11,14-16,18H2,1-5H3,(H,31,35)(H,32,38)(H,36,37);9,12-13,17,20-22H,5-8,10-11,14-16,18-19H2,1-4H3,(H,31,35)(H,32,38)(H,36,37);8,11-12,16,19-21H,5-7,9-10,13-15,17-18H2,1-4H3,(H,30,34)(H,31,37)(H,35,36)/t2*20?,22-;21-/m000/s1. The molecule has 3 aliphatic carbocycles. The number of nitrogens with one attached hydrogen (secondary N) is 6. The van der Waals surface area contributed by atoms with Gasteiger partial charge >= 0.3 is 17.9 Å². The topological polar surface area (TPSA) is 395 Å². The second kappa shape index (κ2) is 49.0. The molecule has 3 aliphatic rings. The molecule has 0 saturated heterocycles. The lowest BCUT2D eigenvalue weighted by atomic mass is 9.85. The molecule has 119 heavy (non-hydrogen) atoms. The van der Waals surface area contributed by atoms with Crippen molar-refractivity contribution in [2.45, 2.75) is 246 Å². The third-order valence-electron chi connectivity index (χ3n) is 22.7. The number of amides is 6. The van der Waals surface area contributed by atoms with Crippen molar-refractivity contribution in [3.63, 3.8) is 0 Å². The Labute approximate surface area is 700 Å². The first-order valence-corrected chi connectivity index (χ1v) is 42.4. The van der Waals surface area contributed by atoms with Gasteiger partial charge in [0.15, 0.2) is 17.1 Å². The van der Waals surface area contributed by atoms with Crippen LogP contribution in [0.3, 0.4) is 0 Å². The van der Waals surface area contributed by atoms with Crippen LogP contribution in [0.1, 0.15) is 246 Å². The van der Waals surface area contributed by atoms with Crippen molar-refractivity contribution < 1.29 is 86.9 Å². The molecule has 3 saturated carbocycles. The molecule has 3 aromatic carbocycles. The molecule has 6 amide bonds. The lowest BCUT2D eigenvalue weighted by Crippen LogP contribution is -2.40. The van der Waals surface area contributed by atoms with Gasteiger partial charge in [-0.05, 0) is 136 Å². The predicted octanol–water partition coefficient (Wildman–Crippen LogP) is 13.8. The highest BCUT2D eigenvalue weighted by atomic mass is 16.5. The molecule has 3 fully saturated rings. The first kappa shape index (κ1) is 95.5. The lowest BCUT2D eigenvalue weighted by Gasteiger charge is -2.24. The minimum atomic E-state index is -1.11. The number of hydrogen-bond acceptors (Lipinski definition) is 18. The van der Waals surface area contributed by atoms with Crippen LogP contribution in [0, 0.1) is 35.5 Å². The van der Waals surface area contributed by atoms with Crippen molar-refractivity contribution in [2.75, 3.05) is 62.3 Å². The second-order valence-electron chi connectivity index (χ2n) is 32.4. The molecule has 0 spiro atoms. The molecule has 30 heteroatoms. The van der Waals surface area contributed by atoms with E-state index in [1.807, 2.05) is 70.9 Å². The van der Waals surface area contributed by atoms with Crippen molar-refractivity contribution in [3.8, 4) is 68.3 Å². The Kier molecular flexibility index (Phi) is 39.3. The number of benzene rings is 3. The molecule has 3 heterocycles. The van der Waals surface area contributed by atoms with Crippen LogP contribution in [-0.4, -0.2) is 178 Å². The lowest BCUT2D eigenvalue weighted by molar-refractivity contribution is -0.138. The van der Waals surface area contributed by atoms with E-state index in [4.69, 9.17) is 48.8 Å². The Hall–Kier alpha value is -10.7. The molecule has 0 aliphatic heterocycles. The number of carboxylic acids is 3. The molecule has 30 nitrogen and oxygen atoms in total. The third-order valence-corrected chi connectivity index (χ3v) is 22.7. The highest BCUT2D eigenvalue weighted by Crippen LogP contribution is 2.43. The third kappa shape index (κ3) is 30.0. The molecule has 9 N–H and O–H groups in total. The van der Waals surface area contributed by atoms with Gasteiger partial charge in [-0.3, -0.25) is 57.2 Å². The number of carbonyl (C=O) groups excluding carboxylic acids is 6. The largest absolute Gasteiger partial charge is 0.496 e. The summed E-state index contributed by atoms with van der Waals surface area (Å²) in [7, 11) is 9.53. The van der Waals surface area contributed by atoms with Crippen molar-refractivity contribution in [1.29, 1.82) is 0 Å². The molecular formula is C89H130N12O18. The second-order valence-corrected chi connectivity index (χ2v) is 32.4. The first-order valence-electron chi connectivity index (χ1n) is 42.4. The van der Waals surface area contributed by atoms with Crippen LogP contribution in [0.4, 0.5) is 0 Å². The van der Waals surface area contributed by atoms with E-state index in [2.05, 4.69) is 83.6 Å². The van der Waals surface area contributed by atoms with E-state index in [1.165, 1.54) is 57.8 Å². The highest BCUT2D eigenvalue weighted by Gasteiger charge is 2.32. The molecule has 5 atom stereocenters. The van der Waals surface area contributed by atoms with E-state index in [0.717, 1.165) is 64.2 Å². The van der Waals surface area contributed by atoms with Crippen LogP contribution >= 0.6 is 0 Å². The Morgan fingerprint density at radius 2 is 0.697 bits per heavy atom. The number of nitrogens with zero attached hydrogens (tertiary/aromatic N) is 6. The van der Waals surface area contributed by atoms with Crippen LogP contribution in [0.25, 0.3) is 33.8 Å². The zero-order valence-corrected chi connectivity index (χ0v) is 72.1. The van der Waals surface area contributed by atoms with Crippen molar-refractivity contribution in [3.05, 3.63) is 89.9 Å². The number of methoxy groups -OCH3 is 6. The molecule has 3 aromatic heterocycles. The molecule has 654 valence electrons. The van der Waals surface area contributed by atoms with Gasteiger partial charge in [0.1, 0.15) is 54.1 Å². The van der Waals surface area contributed by atoms with Crippen molar-refractivity contribution >= 4 is 53.4 Å². The van der Waals surface area contributed by atoms with Crippen LogP contribution in [0.2, 0.25) is 0 Å². The van der Waals surface area contributed by atoms with Gasteiger partial charge in [0.05, 0.1) is 82.5 Å². The minimum absolute atomic E-state index is 0.00202. The van der Waals surface area contributed by atoms with Gasteiger partial charge < -0.3 is 75.6 Å². The summed E-state index contributed by atoms with van der Waals surface area (Å²) in [5.41, 5.74) is 4.91. The van der Waals surface area contributed by atoms with Gasteiger partial charge in [0.25, 0.3) is 17.7 Å². The molecule has 0 bridgehead atoms. The number of carboxylic acid groups (broad SMARTS) is 3. The fourth-order valence-electron chi connectivity index (χ4n) is 15.7. The quantitative estimate of drug-likeness (QED) is 0.0172. The fourth-order valence-corrected chi connectivity index (χ4v) is 15.7. The Morgan fingerprint density at radius 3 is 0.975 bits per heavy atom. The number of hydrogen-bond donors (Lipinski definition) is 9. The number of rotatable bonds is 43. The first-order chi connectivity index (χ1) is 57.1. The van der Waals surface area contributed by atoms with E-state index in [-0.39, 0.29) is 71.9 Å². The summed E-state index contributed by atoms with van der Waals surface area (Å²) in [6.45, 7) is 14.4. The zero-order valence-electron chi connectivity index (χ0n) is 72.1. The highest BCUT2D eigenvalue weighted by molar-refractivity contribution is 5.97. The number of ether oxygens (including phenoxy) is 6. The maximum atomic E-state index is 13.6. The maximum absolute atomic E-state index is 13.6. The Balaban J connectivity index is 0.000000246. The maximum Gasteiger partial charge on any atom is 0.322 e. The summed E-state index contributed by atoms with van der Waals surface area (Å²) >= 11 is 0. The average Bonchev–Trinajstić information content (AvgIpc) is 1.68. The molecule has 0 radical (unpaired) electrons. The van der Waals surface area contributed by atoms with Gasteiger partial charge in [0, 0.05) is 50.5 Å². The van der Waals surface area contributed by atoms with E-state index >= 15 is 0 Å². The molecule has 2 unspecified atom stereocenters. The number of aliphatic carboxylic acids is 3. The molecule has 9 rings (SSSR count). The van der Waals surface area contributed by atoms with Gasteiger partial charge in [-0.2, -0.15) is 15.3 Å². The minimum Gasteiger partial charge on any atom is -0.496 e. The summed E-state index contributed by atoms with van der Waals surface area (Å²) in [5.74, 6) is 0.479. The molecule has 6 aromatic rings. The zero-order chi connectivity index (χ0) is 86.7. The van der Waals surface area contributed by atoms with E-state index in [0.29, 0.717) is 124 Å².